The second-order valence-corrected chi connectivity index (χ2v) is 3.84. The lowest BCUT2D eigenvalue weighted by molar-refractivity contribution is 0.232. The number of nitrogens with one attached hydrogen (secondary N) is 1. The van der Waals surface area contributed by atoms with Gasteiger partial charge >= 0.3 is 0 Å². The lowest BCUT2D eigenvalue weighted by Crippen LogP contribution is -2.10. The quantitative estimate of drug-likeness (QED) is 0.592. The summed E-state index contributed by atoms with van der Waals surface area (Å²) in [6.07, 6.45) is 2.86. The summed E-state index contributed by atoms with van der Waals surface area (Å²) in [5.74, 6) is 1.22. The van der Waals surface area contributed by atoms with Gasteiger partial charge in [-0.1, -0.05) is 6.08 Å². The third-order valence-corrected chi connectivity index (χ3v) is 1.82. The van der Waals surface area contributed by atoms with Crippen LogP contribution in [0.2, 0.25) is 0 Å². The molecule has 4 heteroatoms. The van der Waals surface area contributed by atoms with Gasteiger partial charge in [-0.05, 0) is 27.2 Å². The van der Waals surface area contributed by atoms with Crippen LogP contribution in [-0.4, -0.2) is 22.6 Å². The molecule has 0 aromatic carbocycles. The monoisotopic (exact) mass is 221 g/mol. The summed E-state index contributed by atoms with van der Waals surface area (Å²) in [6, 6.07) is 1.83. The molecule has 0 atom stereocenters. The van der Waals surface area contributed by atoms with Gasteiger partial charge in [0, 0.05) is 18.3 Å². The van der Waals surface area contributed by atoms with Crippen molar-refractivity contribution < 1.29 is 4.74 Å². The van der Waals surface area contributed by atoms with Gasteiger partial charge in [-0.25, -0.2) is 4.98 Å². The fourth-order valence-electron chi connectivity index (χ4n) is 1.21. The molecular weight excluding hydrogens is 202 g/mol. The number of nitrogens with zero attached hydrogens (tertiary/aromatic N) is 2. The van der Waals surface area contributed by atoms with Crippen molar-refractivity contribution in [1.82, 2.24) is 9.97 Å². The Hall–Kier alpha value is -1.58. The van der Waals surface area contributed by atoms with Gasteiger partial charge in [0.2, 0.25) is 11.8 Å². The van der Waals surface area contributed by atoms with Crippen LogP contribution in [0.3, 0.4) is 0 Å². The molecular formula is C12H19N3O. The van der Waals surface area contributed by atoms with Crippen LogP contribution >= 0.6 is 0 Å². The lowest BCUT2D eigenvalue weighted by Gasteiger charge is -2.11. The van der Waals surface area contributed by atoms with Crippen molar-refractivity contribution in [2.45, 2.75) is 33.3 Å². The van der Waals surface area contributed by atoms with Crippen LogP contribution < -0.4 is 10.1 Å². The van der Waals surface area contributed by atoms with Crippen molar-refractivity contribution in [3.8, 4) is 5.88 Å². The first-order chi connectivity index (χ1) is 7.61. The zero-order valence-corrected chi connectivity index (χ0v) is 10.2. The van der Waals surface area contributed by atoms with Crippen LogP contribution in [0.4, 0.5) is 5.95 Å². The molecule has 1 aromatic rings. The molecule has 1 N–H and O–H groups in total. The molecule has 16 heavy (non-hydrogen) atoms. The number of ether oxygens (including phenoxy) is 1. The second kappa shape index (κ2) is 6.10. The van der Waals surface area contributed by atoms with Crippen molar-refractivity contribution in [2.24, 2.45) is 0 Å². The van der Waals surface area contributed by atoms with Gasteiger partial charge in [-0.2, -0.15) is 4.98 Å². The van der Waals surface area contributed by atoms with E-state index in [0.717, 1.165) is 18.7 Å². The van der Waals surface area contributed by atoms with Gasteiger partial charge in [0.25, 0.3) is 0 Å². The minimum Gasteiger partial charge on any atom is -0.475 e. The maximum Gasteiger partial charge on any atom is 0.226 e. The minimum absolute atomic E-state index is 0.121. The average molecular weight is 221 g/mol. The van der Waals surface area contributed by atoms with E-state index in [1.807, 2.05) is 32.9 Å². The zero-order valence-electron chi connectivity index (χ0n) is 10.2. The predicted octanol–water partition coefficient (Wildman–Crippen LogP) is 2.56. The van der Waals surface area contributed by atoms with E-state index in [1.165, 1.54) is 0 Å². The Bertz CT molecular complexity index is 350. The topological polar surface area (TPSA) is 47.0 Å². The van der Waals surface area contributed by atoms with E-state index in [9.17, 15) is 0 Å². The fraction of sp³-hybridized carbons (Fsp3) is 0.500. The maximum atomic E-state index is 5.53. The van der Waals surface area contributed by atoms with E-state index >= 15 is 0 Å². The first-order valence-electron chi connectivity index (χ1n) is 5.49. The third kappa shape index (κ3) is 4.29. The summed E-state index contributed by atoms with van der Waals surface area (Å²) >= 11 is 0. The van der Waals surface area contributed by atoms with Crippen LogP contribution in [0.25, 0.3) is 0 Å². The van der Waals surface area contributed by atoms with Gasteiger partial charge in [-0.3, -0.25) is 0 Å². The molecule has 0 radical (unpaired) electrons. The Labute approximate surface area is 96.8 Å². The highest BCUT2D eigenvalue weighted by atomic mass is 16.5. The smallest absolute Gasteiger partial charge is 0.226 e. The number of aromatic nitrogens is 2. The molecule has 0 amide bonds. The highest BCUT2D eigenvalue weighted by Crippen LogP contribution is 2.13. The van der Waals surface area contributed by atoms with E-state index < -0.39 is 0 Å². The van der Waals surface area contributed by atoms with Crippen molar-refractivity contribution in [3.05, 3.63) is 24.4 Å². The summed E-state index contributed by atoms with van der Waals surface area (Å²) in [4.78, 5) is 8.54. The lowest BCUT2D eigenvalue weighted by atomic mass is 10.4. The van der Waals surface area contributed by atoms with E-state index in [2.05, 4.69) is 21.9 Å². The molecule has 88 valence electrons. The Morgan fingerprint density at radius 2 is 2.25 bits per heavy atom. The largest absolute Gasteiger partial charge is 0.475 e. The van der Waals surface area contributed by atoms with Crippen LogP contribution in [0.15, 0.2) is 18.7 Å². The summed E-state index contributed by atoms with van der Waals surface area (Å²) in [6.45, 7) is 10.3. The molecule has 0 bridgehead atoms. The zero-order chi connectivity index (χ0) is 12.0. The number of anilines is 1. The van der Waals surface area contributed by atoms with E-state index in [4.69, 9.17) is 4.74 Å². The van der Waals surface area contributed by atoms with Crippen LogP contribution in [0, 0.1) is 6.92 Å². The van der Waals surface area contributed by atoms with Gasteiger partial charge in [0.15, 0.2) is 0 Å². The average Bonchev–Trinajstić information content (AvgIpc) is 2.16. The number of hydrogen-bond donors (Lipinski definition) is 1. The molecule has 0 saturated carbocycles. The SMILES string of the molecule is C=CCCNc1nc(C)cc(OC(C)C)n1. The van der Waals surface area contributed by atoms with Crippen molar-refractivity contribution >= 4 is 5.95 Å². The first-order valence-corrected chi connectivity index (χ1v) is 5.49. The molecule has 0 saturated heterocycles. The van der Waals surface area contributed by atoms with Gasteiger partial charge in [0.1, 0.15) is 0 Å². The summed E-state index contributed by atoms with van der Waals surface area (Å²) in [7, 11) is 0. The molecule has 0 spiro atoms. The molecule has 1 aromatic heterocycles. The van der Waals surface area contributed by atoms with Gasteiger partial charge < -0.3 is 10.1 Å². The normalized spacial score (nSPS) is 10.2. The Balaban J connectivity index is 2.69. The Morgan fingerprint density at radius 1 is 1.50 bits per heavy atom. The number of aryl methyl sites for hydroxylation is 1. The van der Waals surface area contributed by atoms with E-state index in [0.29, 0.717) is 11.8 Å². The van der Waals surface area contributed by atoms with Gasteiger partial charge in [0.05, 0.1) is 6.10 Å². The Morgan fingerprint density at radius 3 is 2.88 bits per heavy atom. The standard InChI is InChI=1S/C12H19N3O/c1-5-6-7-13-12-14-10(4)8-11(15-12)16-9(2)3/h5,8-9H,1,6-7H2,2-4H3,(H,13,14,15). The van der Waals surface area contributed by atoms with E-state index in [1.54, 1.807) is 0 Å². The van der Waals surface area contributed by atoms with Crippen LogP contribution in [0.5, 0.6) is 5.88 Å². The molecule has 1 heterocycles. The molecule has 0 aliphatic carbocycles. The van der Waals surface area contributed by atoms with Gasteiger partial charge in [-0.15, -0.1) is 6.58 Å². The minimum atomic E-state index is 0.121. The van der Waals surface area contributed by atoms with Crippen molar-refractivity contribution in [3.63, 3.8) is 0 Å². The number of hydrogen-bond acceptors (Lipinski definition) is 4. The fourth-order valence-corrected chi connectivity index (χ4v) is 1.21. The molecule has 0 aliphatic heterocycles. The van der Waals surface area contributed by atoms with E-state index in [-0.39, 0.29) is 6.10 Å². The summed E-state index contributed by atoms with van der Waals surface area (Å²) < 4.78 is 5.53. The molecule has 0 unspecified atom stereocenters. The molecule has 0 fully saturated rings. The second-order valence-electron chi connectivity index (χ2n) is 3.84. The van der Waals surface area contributed by atoms with Crippen LogP contribution in [0.1, 0.15) is 26.0 Å². The third-order valence-electron chi connectivity index (χ3n) is 1.82. The predicted molar refractivity (Wildman–Crippen MR) is 65.8 cm³/mol. The van der Waals surface area contributed by atoms with Crippen molar-refractivity contribution in [2.75, 3.05) is 11.9 Å². The molecule has 0 aliphatic rings. The molecule has 4 nitrogen and oxygen atoms in total. The maximum absolute atomic E-state index is 5.53. The highest BCUT2D eigenvalue weighted by Gasteiger charge is 2.04. The first kappa shape index (κ1) is 12.5. The summed E-state index contributed by atoms with van der Waals surface area (Å²) in [5, 5.41) is 3.13. The molecule has 1 rings (SSSR count). The summed E-state index contributed by atoms with van der Waals surface area (Å²) in [5.41, 5.74) is 0.895. The Kier molecular flexibility index (Phi) is 4.76. The highest BCUT2D eigenvalue weighted by molar-refractivity contribution is 5.30. The van der Waals surface area contributed by atoms with Crippen LogP contribution in [-0.2, 0) is 0 Å². The number of rotatable bonds is 6. The van der Waals surface area contributed by atoms with Crippen molar-refractivity contribution in [1.29, 1.82) is 0 Å².